The van der Waals surface area contributed by atoms with Crippen LogP contribution in [0.2, 0.25) is 0 Å². The Balaban J connectivity index is 1.39. The summed E-state index contributed by atoms with van der Waals surface area (Å²) in [5, 5.41) is 8.18. The van der Waals surface area contributed by atoms with Crippen LogP contribution in [0.25, 0.3) is 10.9 Å². The van der Waals surface area contributed by atoms with Crippen LogP contribution in [0, 0.1) is 0 Å². The minimum absolute atomic E-state index is 0.106. The molecule has 0 bridgehead atoms. The first-order valence-electron chi connectivity index (χ1n) is 10.9. The quantitative estimate of drug-likeness (QED) is 0.419. The van der Waals surface area contributed by atoms with Crippen molar-refractivity contribution in [3.05, 3.63) is 52.1 Å². The molecular formula is C23H26N6O3S2. The van der Waals surface area contributed by atoms with E-state index < -0.39 is 0 Å². The zero-order chi connectivity index (χ0) is 24.2. The molecule has 2 aromatic heterocycles. The van der Waals surface area contributed by atoms with Crippen molar-refractivity contribution in [1.29, 1.82) is 0 Å². The maximum atomic E-state index is 13.2. The number of hydrazine groups is 1. The van der Waals surface area contributed by atoms with Crippen LogP contribution in [-0.4, -0.2) is 71.1 Å². The van der Waals surface area contributed by atoms with Crippen molar-refractivity contribution in [3.63, 3.8) is 0 Å². The Morgan fingerprint density at radius 3 is 2.65 bits per heavy atom. The van der Waals surface area contributed by atoms with Crippen molar-refractivity contribution >= 4 is 51.4 Å². The highest BCUT2D eigenvalue weighted by Crippen LogP contribution is 2.31. The maximum Gasteiger partial charge on any atom is 0.289 e. The van der Waals surface area contributed by atoms with E-state index in [1.807, 2.05) is 29.2 Å². The first-order chi connectivity index (χ1) is 16.4. The number of amides is 2. The van der Waals surface area contributed by atoms with Gasteiger partial charge in [0.25, 0.3) is 11.8 Å². The number of nitrogens with zero attached hydrogens (tertiary/aromatic N) is 4. The van der Waals surface area contributed by atoms with Gasteiger partial charge in [-0.2, -0.15) is 0 Å². The van der Waals surface area contributed by atoms with Crippen LogP contribution in [0.5, 0.6) is 5.75 Å². The van der Waals surface area contributed by atoms with E-state index in [4.69, 9.17) is 17.0 Å². The Kier molecular flexibility index (Phi) is 7.23. The molecule has 3 aromatic rings. The summed E-state index contributed by atoms with van der Waals surface area (Å²) in [6, 6.07) is 9.32. The third-order valence-corrected chi connectivity index (χ3v) is 7.28. The van der Waals surface area contributed by atoms with Crippen molar-refractivity contribution in [2.75, 3.05) is 34.3 Å². The molecule has 1 aromatic carbocycles. The van der Waals surface area contributed by atoms with E-state index in [-0.39, 0.29) is 17.7 Å². The standard InChI is InChI=1S/C23H26N6O3S2/c1-24-23(33)28(2)27-20(30)18-13-34-21(26-18)14-8-10-29(11-9-14)22(31)17-12-19(32-3)15-6-4-5-7-16(15)25-17/h4-7,12-14H,8-11H2,1-3H3,(H,24,33)(H,27,30). The van der Waals surface area contributed by atoms with E-state index in [0.29, 0.717) is 35.3 Å². The predicted octanol–water partition coefficient (Wildman–Crippen LogP) is 2.80. The summed E-state index contributed by atoms with van der Waals surface area (Å²) < 4.78 is 5.48. The molecule has 2 amide bonds. The molecule has 2 N–H and O–H groups in total. The van der Waals surface area contributed by atoms with E-state index >= 15 is 0 Å². The first-order valence-corrected chi connectivity index (χ1v) is 12.1. The van der Waals surface area contributed by atoms with Gasteiger partial charge >= 0.3 is 0 Å². The summed E-state index contributed by atoms with van der Waals surface area (Å²) in [5.74, 6) is 0.418. The molecule has 0 spiro atoms. The molecular weight excluding hydrogens is 472 g/mol. The zero-order valence-electron chi connectivity index (χ0n) is 19.2. The molecule has 0 radical (unpaired) electrons. The smallest absolute Gasteiger partial charge is 0.289 e. The number of thiazole rings is 1. The van der Waals surface area contributed by atoms with Gasteiger partial charge in [0, 0.05) is 49.9 Å². The molecule has 3 heterocycles. The number of piperidine rings is 1. The summed E-state index contributed by atoms with van der Waals surface area (Å²) in [6.07, 6.45) is 1.55. The van der Waals surface area contributed by atoms with E-state index in [1.165, 1.54) is 16.3 Å². The zero-order valence-corrected chi connectivity index (χ0v) is 20.8. The molecule has 34 heavy (non-hydrogen) atoms. The summed E-state index contributed by atoms with van der Waals surface area (Å²) in [6.45, 7) is 1.20. The number of aromatic nitrogens is 2. The van der Waals surface area contributed by atoms with Crippen molar-refractivity contribution < 1.29 is 14.3 Å². The van der Waals surface area contributed by atoms with Crippen LogP contribution in [0.1, 0.15) is 44.7 Å². The van der Waals surface area contributed by atoms with Crippen molar-refractivity contribution in [3.8, 4) is 5.75 Å². The lowest BCUT2D eigenvalue weighted by Gasteiger charge is -2.31. The van der Waals surface area contributed by atoms with Crippen LogP contribution in [0.15, 0.2) is 35.7 Å². The second kappa shape index (κ2) is 10.3. The van der Waals surface area contributed by atoms with E-state index in [9.17, 15) is 9.59 Å². The van der Waals surface area contributed by atoms with Gasteiger partial charge in [-0.3, -0.25) is 20.0 Å². The average Bonchev–Trinajstić information content (AvgIpc) is 3.37. The number of likely N-dealkylation sites (tertiary alicyclic amines) is 1. The van der Waals surface area contributed by atoms with Gasteiger partial charge in [-0.1, -0.05) is 12.1 Å². The number of thiocarbonyl (C=S) groups is 1. The molecule has 1 aliphatic rings. The van der Waals surface area contributed by atoms with Crippen molar-refractivity contribution in [1.82, 2.24) is 30.6 Å². The highest BCUT2D eigenvalue weighted by Gasteiger charge is 2.28. The highest BCUT2D eigenvalue weighted by molar-refractivity contribution is 7.80. The molecule has 0 atom stereocenters. The fourth-order valence-electron chi connectivity index (χ4n) is 3.92. The number of benzene rings is 1. The number of carbonyl (C=O) groups excluding carboxylic acids is 2. The lowest BCUT2D eigenvalue weighted by atomic mass is 9.97. The average molecular weight is 499 g/mol. The Labute approximate surface area is 207 Å². The van der Waals surface area contributed by atoms with Crippen LogP contribution in [0.3, 0.4) is 0 Å². The number of fused-ring (bicyclic) bond motifs is 1. The molecule has 9 nitrogen and oxygen atoms in total. The number of methoxy groups -OCH3 is 1. The molecule has 1 saturated heterocycles. The Bertz CT molecular complexity index is 1220. The lowest BCUT2D eigenvalue weighted by molar-refractivity contribution is 0.0707. The molecule has 0 saturated carbocycles. The third-order valence-electron chi connectivity index (χ3n) is 5.79. The van der Waals surface area contributed by atoms with Gasteiger partial charge in [0.2, 0.25) is 0 Å². The Hall–Kier alpha value is -3.31. The fraction of sp³-hybridized carbons (Fsp3) is 0.348. The minimum Gasteiger partial charge on any atom is -0.496 e. The molecule has 1 aliphatic heterocycles. The summed E-state index contributed by atoms with van der Waals surface area (Å²) in [4.78, 5) is 36.5. The normalized spacial score (nSPS) is 14.0. The van der Waals surface area contributed by atoms with Gasteiger partial charge in [0.1, 0.15) is 17.1 Å². The number of para-hydroxylation sites is 1. The fourth-order valence-corrected chi connectivity index (χ4v) is 4.94. The number of hydrogen-bond acceptors (Lipinski definition) is 7. The number of rotatable bonds is 4. The summed E-state index contributed by atoms with van der Waals surface area (Å²) in [5.41, 5.74) is 4.16. The molecule has 1 fully saturated rings. The molecule has 0 aliphatic carbocycles. The predicted molar refractivity (Wildman–Crippen MR) is 135 cm³/mol. The molecule has 0 unspecified atom stereocenters. The van der Waals surface area contributed by atoms with Crippen LogP contribution in [-0.2, 0) is 0 Å². The van der Waals surface area contributed by atoms with Gasteiger partial charge in [-0.15, -0.1) is 11.3 Å². The van der Waals surface area contributed by atoms with Crippen molar-refractivity contribution in [2.24, 2.45) is 0 Å². The van der Waals surface area contributed by atoms with E-state index in [2.05, 4.69) is 20.7 Å². The lowest BCUT2D eigenvalue weighted by Crippen LogP contribution is -2.47. The SMILES string of the molecule is CNC(=S)N(C)NC(=O)c1csc(C2CCN(C(=O)c3cc(OC)c4ccccc4n3)CC2)n1. The topological polar surface area (TPSA) is 99.7 Å². The largest absolute Gasteiger partial charge is 0.496 e. The molecule has 178 valence electrons. The van der Waals surface area contributed by atoms with Crippen molar-refractivity contribution in [2.45, 2.75) is 18.8 Å². The molecule has 11 heteroatoms. The van der Waals surface area contributed by atoms with Gasteiger partial charge in [-0.05, 0) is 37.2 Å². The van der Waals surface area contributed by atoms with Gasteiger partial charge in [-0.25, -0.2) is 9.97 Å². The number of pyridine rings is 1. The second-order valence-corrected chi connectivity index (χ2v) is 9.20. The third kappa shape index (κ3) is 4.95. The highest BCUT2D eigenvalue weighted by atomic mass is 32.1. The van der Waals surface area contributed by atoms with Gasteiger partial charge < -0.3 is 15.0 Å². The summed E-state index contributed by atoms with van der Waals surface area (Å²) in [7, 11) is 4.95. The monoisotopic (exact) mass is 498 g/mol. The number of ether oxygens (including phenoxy) is 1. The van der Waals surface area contributed by atoms with Crippen LogP contribution < -0.4 is 15.5 Å². The van der Waals surface area contributed by atoms with Gasteiger partial charge in [0.15, 0.2) is 5.11 Å². The van der Waals surface area contributed by atoms with Crippen LogP contribution >= 0.6 is 23.6 Å². The summed E-state index contributed by atoms with van der Waals surface area (Å²) >= 11 is 6.56. The Morgan fingerprint density at radius 1 is 1.21 bits per heavy atom. The number of nitrogens with one attached hydrogen (secondary N) is 2. The maximum absolute atomic E-state index is 13.2. The minimum atomic E-state index is -0.313. The first kappa shape index (κ1) is 23.8. The molecule has 4 rings (SSSR count). The number of carbonyl (C=O) groups is 2. The Morgan fingerprint density at radius 2 is 1.94 bits per heavy atom. The van der Waals surface area contributed by atoms with Crippen LogP contribution in [0.4, 0.5) is 0 Å². The van der Waals surface area contributed by atoms with E-state index in [1.54, 1.807) is 32.7 Å². The number of hydrogen-bond donors (Lipinski definition) is 2. The van der Waals surface area contributed by atoms with Gasteiger partial charge in [0.05, 0.1) is 17.6 Å². The second-order valence-electron chi connectivity index (χ2n) is 7.92. The van der Waals surface area contributed by atoms with E-state index in [0.717, 1.165) is 28.8 Å².